The molecule has 0 saturated carbocycles. The van der Waals surface area contributed by atoms with Gasteiger partial charge in [-0.15, -0.1) is 0 Å². The molecule has 0 aliphatic carbocycles. The van der Waals surface area contributed by atoms with Gasteiger partial charge in [-0.2, -0.15) is 5.10 Å². The van der Waals surface area contributed by atoms with Crippen LogP contribution >= 0.6 is 0 Å². The molecule has 1 aliphatic heterocycles. The van der Waals surface area contributed by atoms with Gasteiger partial charge in [0, 0.05) is 38.0 Å². The van der Waals surface area contributed by atoms with Crippen molar-refractivity contribution in [3.05, 3.63) is 53.9 Å². The van der Waals surface area contributed by atoms with Gasteiger partial charge in [0.1, 0.15) is 0 Å². The standard InChI is InChI=1S/C19H22N4O3/c1-23-13-14(11-21-23)8-9-18(24)22-17-7-3-2-6-16(17)19(25)20-12-15-5-4-10-26-15/h2-3,6-9,11,13,15H,4-5,10,12H2,1H3,(H,20,25)(H,22,24)/b9-8-/t15-/m1/s1. The van der Waals surface area contributed by atoms with Crippen molar-refractivity contribution >= 4 is 23.6 Å². The molecule has 1 aromatic heterocycles. The number of para-hydroxylation sites is 1. The average molecular weight is 354 g/mol. The highest BCUT2D eigenvalue weighted by atomic mass is 16.5. The first kappa shape index (κ1) is 17.9. The van der Waals surface area contributed by atoms with Gasteiger partial charge in [-0.3, -0.25) is 14.3 Å². The molecule has 0 bridgehead atoms. The largest absolute Gasteiger partial charge is 0.376 e. The number of hydrogen-bond donors (Lipinski definition) is 2. The van der Waals surface area contributed by atoms with Crippen LogP contribution in [-0.4, -0.2) is 40.9 Å². The highest BCUT2D eigenvalue weighted by Gasteiger charge is 2.18. The number of carbonyl (C=O) groups excluding carboxylic acids is 2. The van der Waals surface area contributed by atoms with Crippen LogP contribution < -0.4 is 10.6 Å². The number of amides is 2. The van der Waals surface area contributed by atoms with E-state index in [1.807, 2.05) is 7.05 Å². The number of hydrogen-bond acceptors (Lipinski definition) is 4. The van der Waals surface area contributed by atoms with E-state index in [1.54, 1.807) is 47.4 Å². The summed E-state index contributed by atoms with van der Waals surface area (Å²) in [6, 6.07) is 6.93. The van der Waals surface area contributed by atoms with Crippen LogP contribution in [0.15, 0.2) is 42.7 Å². The molecule has 1 atom stereocenters. The number of aromatic nitrogens is 2. The first-order chi connectivity index (χ1) is 12.6. The van der Waals surface area contributed by atoms with Crippen molar-refractivity contribution in [1.82, 2.24) is 15.1 Å². The Hall–Kier alpha value is -2.93. The van der Waals surface area contributed by atoms with Gasteiger partial charge in [-0.25, -0.2) is 0 Å². The monoisotopic (exact) mass is 354 g/mol. The summed E-state index contributed by atoms with van der Waals surface area (Å²) in [6.45, 7) is 1.22. The van der Waals surface area contributed by atoms with Gasteiger partial charge < -0.3 is 15.4 Å². The molecule has 7 nitrogen and oxygen atoms in total. The van der Waals surface area contributed by atoms with Crippen molar-refractivity contribution in [2.45, 2.75) is 18.9 Å². The second-order valence-electron chi connectivity index (χ2n) is 6.16. The third kappa shape index (κ3) is 4.80. The van der Waals surface area contributed by atoms with Gasteiger partial charge >= 0.3 is 0 Å². The van der Waals surface area contributed by atoms with E-state index in [0.29, 0.717) is 17.8 Å². The molecule has 3 rings (SSSR count). The Morgan fingerprint density at radius 1 is 1.38 bits per heavy atom. The minimum Gasteiger partial charge on any atom is -0.376 e. The lowest BCUT2D eigenvalue weighted by atomic mass is 10.1. The van der Waals surface area contributed by atoms with Gasteiger partial charge in [-0.1, -0.05) is 12.1 Å². The first-order valence-corrected chi connectivity index (χ1v) is 8.58. The molecule has 0 radical (unpaired) electrons. The average Bonchev–Trinajstić information content (AvgIpc) is 3.30. The van der Waals surface area contributed by atoms with E-state index in [4.69, 9.17) is 4.74 Å². The molecule has 2 heterocycles. The normalized spacial score (nSPS) is 16.7. The fourth-order valence-corrected chi connectivity index (χ4v) is 2.77. The van der Waals surface area contributed by atoms with Crippen LogP contribution in [0.5, 0.6) is 0 Å². The number of nitrogens with zero attached hydrogens (tertiary/aromatic N) is 2. The third-order valence-corrected chi connectivity index (χ3v) is 4.10. The molecular formula is C19H22N4O3. The lowest BCUT2D eigenvalue weighted by Gasteiger charge is -2.13. The zero-order chi connectivity index (χ0) is 18.4. The topological polar surface area (TPSA) is 85.2 Å². The molecule has 26 heavy (non-hydrogen) atoms. The van der Waals surface area contributed by atoms with Crippen molar-refractivity contribution in [2.75, 3.05) is 18.5 Å². The van der Waals surface area contributed by atoms with Crippen LogP contribution in [0.2, 0.25) is 0 Å². The summed E-state index contributed by atoms with van der Waals surface area (Å²) in [5.41, 5.74) is 1.72. The van der Waals surface area contributed by atoms with Gasteiger partial charge in [0.05, 0.1) is 23.6 Å². The van der Waals surface area contributed by atoms with Crippen molar-refractivity contribution < 1.29 is 14.3 Å². The van der Waals surface area contributed by atoms with E-state index in [-0.39, 0.29) is 17.9 Å². The lowest BCUT2D eigenvalue weighted by molar-refractivity contribution is -0.111. The predicted octanol–water partition coefficient (Wildman–Crippen LogP) is 1.98. The number of carbonyl (C=O) groups is 2. The molecule has 1 aliphatic rings. The van der Waals surface area contributed by atoms with Crippen LogP contribution in [0.3, 0.4) is 0 Å². The predicted molar refractivity (Wildman–Crippen MR) is 98.6 cm³/mol. The summed E-state index contributed by atoms with van der Waals surface area (Å²) in [5.74, 6) is -0.541. The first-order valence-electron chi connectivity index (χ1n) is 8.58. The van der Waals surface area contributed by atoms with Crippen LogP contribution in [0.1, 0.15) is 28.8 Å². The maximum absolute atomic E-state index is 12.4. The second kappa shape index (κ2) is 8.44. The molecular weight excluding hydrogens is 332 g/mol. The Balaban J connectivity index is 1.61. The molecule has 2 aromatic rings. The van der Waals surface area contributed by atoms with Crippen molar-refractivity contribution in [3.8, 4) is 0 Å². The molecule has 1 aromatic carbocycles. The minimum atomic E-state index is -0.312. The van der Waals surface area contributed by atoms with E-state index in [0.717, 1.165) is 25.0 Å². The number of nitrogens with one attached hydrogen (secondary N) is 2. The van der Waals surface area contributed by atoms with Crippen LogP contribution in [0.4, 0.5) is 5.69 Å². The maximum Gasteiger partial charge on any atom is 0.253 e. The summed E-state index contributed by atoms with van der Waals surface area (Å²) >= 11 is 0. The Labute approximate surface area is 152 Å². The van der Waals surface area contributed by atoms with Gasteiger partial charge in [0.25, 0.3) is 5.91 Å². The number of aryl methyl sites for hydroxylation is 1. The molecule has 2 amide bonds. The van der Waals surface area contributed by atoms with Gasteiger partial charge in [0.15, 0.2) is 0 Å². The zero-order valence-electron chi connectivity index (χ0n) is 14.6. The van der Waals surface area contributed by atoms with Crippen molar-refractivity contribution in [1.29, 1.82) is 0 Å². The quantitative estimate of drug-likeness (QED) is 0.777. The van der Waals surface area contributed by atoms with E-state index in [9.17, 15) is 9.59 Å². The smallest absolute Gasteiger partial charge is 0.253 e. The molecule has 7 heteroatoms. The Bertz CT molecular complexity index is 807. The molecule has 1 fully saturated rings. The summed E-state index contributed by atoms with van der Waals surface area (Å²) < 4.78 is 7.17. The zero-order valence-corrected chi connectivity index (χ0v) is 14.6. The fraction of sp³-hybridized carbons (Fsp3) is 0.316. The van der Waals surface area contributed by atoms with E-state index < -0.39 is 0 Å². The number of rotatable bonds is 6. The van der Waals surface area contributed by atoms with Crippen LogP contribution in [0, 0.1) is 0 Å². The number of anilines is 1. The van der Waals surface area contributed by atoms with E-state index in [2.05, 4.69) is 15.7 Å². The Kier molecular flexibility index (Phi) is 5.80. The van der Waals surface area contributed by atoms with E-state index >= 15 is 0 Å². The fourth-order valence-electron chi connectivity index (χ4n) is 2.77. The minimum absolute atomic E-state index is 0.0723. The Morgan fingerprint density at radius 3 is 2.96 bits per heavy atom. The van der Waals surface area contributed by atoms with Gasteiger partial charge in [0.2, 0.25) is 5.91 Å². The molecule has 0 unspecified atom stereocenters. The second-order valence-corrected chi connectivity index (χ2v) is 6.16. The lowest BCUT2D eigenvalue weighted by Crippen LogP contribution is -2.32. The summed E-state index contributed by atoms with van der Waals surface area (Å²) in [4.78, 5) is 24.6. The highest BCUT2D eigenvalue weighted by molar-refractivity contribution is 6.07. The molecule has 1 saturated heterocycles. The Morgan fingerprint density at radius 2 is 2.23 bits per heavy atom. The number of ether oxygens (including phenoxy) is 1. The SMILES string of the molecule is Cn1cc(/C=C\C(=O)Nc2ccccc2C(=O)NC[C@H]2CCCO2)cn1. The van der Waals surface area contributed by atoms with Gasteiger partial charge in [-0.05, 0) is 31.1 Å². The van der Waals surface area contributed by atoms with Crippen LogP contribution in [0.25, 0.3) is 6.08 Å². The van der Waals surface area contributed by atoms with E-state index in [1.165, 1.54) is 6.08 Å². The molecule has 136 valence electrons. The number of benzene rings is 1. The summed E-state index contributed by atoms with van der Waals surface area (Å²) in [7, 11) is 1.81. The summed E-state index contributed by atoms with van der Waals surface area (Å²) in [6.07, 6.45) is 8.60. The third-order valence-electron chi connectivity index (χ3n) is 4.10. The van der Waals surface area contributed by atoms with Crippen LogP contribution in [-0.2, 0) is 16.6 Å². The molecule has 0 spiro atoms. The van der Waals surface area contributed by atoms with Crippen molar-refractivity contribution in [2.24, 2.45) is 7.05 Å². The maximum atomic E-state index is 12.4. The molecule has 2 N–H and O–H groups in total. The summed E-state index contributed by atoms with van der Waals surface area (Å²) in [5, 5.41) is 9.66. The highest BCUT2D eigenvalue weighted by Crippen LogP contribution is 2.16. The van der Waals surface area contributed by atoms with Crippen molar-refractivity contribution in [3.63, 3.8) is 0 Å².